The normalized spacial score (nSPS) is 12.2. The Bertz CT molecular complexity index is 2960. The molecule has 3 heteroatoms. The molecule has 0 atom stereocenters. The van der Waals surface area contributed by atoms with Crippen LogP contribution in [0.1, 0.15) is 50.7 Å². The van der Waals surface area contributed by atoms with Crippen molar-refractivity contribution in [1.29, 1.82) is 0 Å². The molecule has 10 rings (SSSR count). The number of para-hydroxylation sites is 4. The highest BCUT2D eigenvalue weighted by Crippen LogP contribution is 2.45. The van der Waals surface area contributed by atoms with Crippen LogP contribution < -0.4 is 0 Å². The quantitative estimate of drug-likeness (QED) is 0.171. The van der Waals surface area contributed by atoms with Crippen LogP contribution in [0.3, 0.4) is 0 Å². The highest BCUT2D eigenvalue weighted by molar-refractivity contribution is 6.28. The van der Waals surface area contributed by atoms with Crippen molar-refractivity contribution in [3.05, 3.63) is 157 Å². The van der Waals surface area contributed by atoms with Crippen LogP contribution in [0.2, 0.25) is 0 Å². The van der Waals surface area contributed by atoms with Gasteiger partial charge in [0.15, 0.2) is 0 Å². The van der Waals surface area contributed by atoms with Gasteiger partial charge in [0, 0.05) is 10.8 Å². The average molecular weight is 671 g/mol. The van der Waals surface area contributed by atoms with Gasteiger partial charge in [-0.25, -0.2) is 4.98 Å². The van der Waals surface area contributed by atoms with E-state index in [0.29, 0.717) is 0 Å². The van der Waals surface area contributed by atoms with Gasteiger partial charge in [0.2, 0.25) is 0 Å². The van der Waals surface area contributed by atoms with Gasteiger partial charge in [-0.3, -0.25) is 4.57 Å². The van der Waals surface area contributed by atoms with Crippen molar-refractivity contribution < 1.29 is 4.42 Å². The zero-order valence-corrected chi connectivity index (χ0v) is 29.8. The van der Waals surface area contributed by atoms with Crippen molar-refractivity contribution in [1.82, 2.24) is 9.55 Å². The molecule has 10 aromatic rings. The summed E-state index contributed by atoms with van der Waals surface area (Å²) in [5.74, 6) is 1.39. The summed E-state index contributed by atoms with van der Waals surface area (Å²) < 4.78 is 9.02. The highest BCUT2D eigenvalue weighted by Gasteiger charge is 2.26. The largest absolute Gasteiger partial charge is 0.455 e. The van der Waals surface area contributed by atoms with Crippen molar-refractivity contribution in [2.24, 2.45) is 0 Å². The third-order valence-electron chi connectivity index (χ3n) is 10.9. The maximum absolute atomic E-state index is 6.61. The maximum atomic E-state index is 6.61. The van der Waals surface area contributed by atoms with Crippen molar-refractivity contribution >= 4 is 65.3 Å². The van der Waals surface area contributed by atoms with Gasteiger partial charge in [-0.1, -0.05) is 137 Å². The number of aromatic nitrogens is 2. The van der Waals surface area contributed by atoms with Crippen LogP contribution in [0.5, 0.6) is 0 Å². The van der Waals surface area contributed by atoms with Gasteiger partial charge >= 0.3 is 0 Å². The van der Waals surface area contributed by atoms with E-state index in [1.165, 1.54) is 60.3 Å². The molecule has 0 saturated carbocycles. The lowest BCUT2D eigenvalue weighted by atomic mass is 9.85. The third kappa shape index (κ3) is 4.48. The number of nitrogens with zero attached hydrogens (tertiary/aromatic N) is 2. The molecule has 0 bridgehead atoms. The van der Waals surface area contributed by atoms with E-state index in [-0.39, 0.29) is 11.8 Å². The Labute approximate surface area is 302 Å². The number of fused-ring (bicyclic) bond motifs is 10. The van der Waals surface area contributed by atoms with Gasteiger partial charge in [-0.15, -0.1) is 0 Å². The van der Waals surface area contributed by atoms with E-state index in [2.05, 4.69) is 166 Å². The van der Waals surface area contributed by atoms with Crippen LogP contribution >= 0.6 is 0 Å². The molecule has 3 nitrogen and oxygen atoms in total. The van der Waals surface area contributed by atoms with Crippen molar-refractivity contribution in [3.63, 3.8) is 0 Å². The standard InChI is InChI=1S/C49H38N2O/c1-29(2)41-27-31(32-20-13-21-38-35-16-6-5-15-33(35)34-17-7-8-19-37(34)46(32)38)28-42(30(3)4)47(41)51-44-25-11-10-24-43(44)50-49(51)40-23-14-22-39-36-18-9-12-26-45(36)52-48(39)40/h5-30H,1-4H3. The van der Waals surface area contributed by atoms with Crippen LogP contribution in [0.25, 0.3) is 93.5 Å². The minimum absolute atomic E-state index is 0.246. The van der Waals surface area contributed by atoms with Crippen LogP contribution in [0.4, 0.5) is 0 Å². The first-order chi connectivity index (χ1) is 25.5. The summed E-state index contributed by atoms with van der Waals surface area (Å²) in [5, 5.41) is 9.97. The Morgan fingerprint density at radius 3 is 1.69 bits per heavy atom. The van der Waals surface area contributed by atoms with Crippen molar-refractivity contribution in [2.45, 2.75) is 39.5 Å². The predicted octanol–water partition coefficient (Wildman–Crippen LogP) is 14.0. The van der Waals surface area contributed by atoms with Gasteiger partial charge in [0.05, 0.1) is 22.3 Å². The molecule has 0 spiro atoms. The number of rotatable bonds is 5. The van der Waals surface area contributed by atoms with Crippen molar-refractivity contribution in [3.8, 4) is 28.2 Å². The van der Waals surface area contributed by atoms with Gasteiger partial charge < -0.3 is 4.42 Å². The molecule has 2 aromatic heterocycles. The van der Waals surface area contributed by atoms with Crippen LogP contribution in [0.15, 0.2) is 150 Å². The van der Waals surface area contributed by atoms with E-state index < -0.39 is 0 Å². The lowest BCUT2D eigenvalue weighted by Crippen LogP contribution is -2.09. The second-order valence-corrected chi connectivity index (χ2v) is 14.7. The summed E-state index contributed by atoms with van der Waals surface area (Å²) in [7, 11) is 0. The molecule has 2 heterocycles. The van der Waals surface area contributed by atoms with Gasteiger partial charge in [0.1, 0.15) is 17.0 Å². The molecular formula is C49H38N2O. The predicted molar refractivity (Wildman–Crippen MR) is 220 cm³/mol. The average Bonchev–Trinajstić information content (AvgIpc) is 3.76. The highest BCUT2D eigenvalue weighted by atomic mass is 16.3. The molecule has 0 aliphatic rings. The monoisotopic (exact) mass is 670 g/mol. The van der Waals surface area contributed by atoms with Crippen molar-refractivity contribution in [2.75, 3.05) is 0 Å². The summed E-state index contributed by atoms with van der Waals surface area (Å²) in [6.45, 7) is 9.27. The molecule has 52 heavy (non-hydrogen) atoms. The van der Waals surface area contributed by atoms with Crippen LogP contribution in [-0.2, 0) is 0 Å². The molecular weight excluding hydrogens is 633 g/mol. The number of benzene rings is 8. The first-order valence-electron chi connectivity index (χ1n) is 18.4. The second kappa shape index (κ2) is 11.7. The molecule has 250 valence electrons. The summed E-state index contributed by atoms with van der Waals surface area (Å²) >= 11 is 0. The minimum Gasteiger partial charge on any atom is -0.455 e. The van der Waals surface area contributed by atoms with E-state index in [4.69, 9.17) is 9.40 Å². The third-order valence-corrected chi connectivity index (χ3v) is 10.9. The molecule has 0 saturated heterocycles. The summed E-state index contributed by atoms with van der Waals surface area (Å²) in [5.41, 5.74) is 11.1. The van der Waals surface area contributed by atoms with E-state index in [1.807, 2.05) is 12.1 Å². The Morgan fingerprint density at radius 2 is 1.02 bits per heavy atom. The lowest BCUT2D eigenvalue weighted by molar-refractivity contribution is 0.669. The molecule has 0 radical (unpaired) electrons. The zero-order chi connectivity index (χ0) is 35.1. The Hall–Kier alpha value is -6.19. The number of furan rings is 1. The number of imidazole rings is 1. The van der Waals surface area contributed by atoms with Crippen LogP contribution in [-0.4, -0.2) is 9.55 Å². The smallest absolute Gasteiger partial charge is 0.149 e. The summed E-state index contributed by atoms with van der Waals surface area (Å²) in [4.78, 5) is 5.37. The fourth-order valence-corrected chi connectivity index (χ4v) is 8.53. The Kier molecular flexibility index (Phi) is 6.88. The van der Waals surface area contributed by atoms with Gasteiger partial charge in [-0.2, -0.15) is 0 Å². The van der Waals surface area contributed by atoms with E-state index in [9.17, 15) is 0 Å². The van der Waals surface area contributed by atoms with Crippen LogP contribution in [0, 0.1) is 0 Å². The van der Waals surface area contributed by atoms with E-state index >= 15 is 0 Å². The Morgan fingerprint density at radius 1 is 0.500 bits per heavy atom. The molecule has 0 unspecified atom stereocenters. The van der Waals surface area contributed by atoms with E-state index in [1.54, 1.807) is 0 Å². The molecule has 8 aromatic carbocycles. The lowest BCUT2D eigenvalue weighted by Gasteiger charge is -2.25. The first-order valence-corrected chi connectivity index (χ1v) is 18.4. The number of hydrogen-bond acceptors (Lipinski definition) is 2. The summed E-state index contributed by atoms with van der Waals surface area (Å²) in [6.07, 6.45) is 0. The summed E-state index contributed by atoms with van der Waals surface area (Å²) in [6, 6.07) is 52.7. The molecule has 0 aliphatic carbocycles. The second-order valence-electron chi connectivity index (χ2n) is 14.7. The first kappa shape index (κ1) is 30.6. The molecule has 0 amide bonds. The van der Waals surface area contributed by atoms with Gasteiger partial charge in [0.25, 0.3) is 0 Å². The molecule has 0 N–H and O–H groups in total. The van der Waals surface area contributed by atoms with E-state index in [0.717, 1.165) is 44.4 Å². The zero-order valence-electron chi connectivity index (χ0n) is 29.8. The Balaban J connectivity index is 1.30. The fourth-order valence-electron chi connectivity index (χ4n) is 8.53. The fraction of sp³-hybridized carbons (Fsp3) is 0.122. The van der Waals surface area contributed by atoms with Gasteiger partial charge in [-0.05, 0) is 103 Å². The SMILES string of the molecule is CC(C)c1cc(-c2cccc3c4ccccc4c4ccccc4c23)cc(C(C)C)c1-n1c(-c2cccc3c2oc2ccccc23)nc2ccccc21. The molecule has 0 aliphatic heterocycles. The maximum Gasteiger partial charge on any atom is 0.149 e. The number of hydrogen-bond donors (Lipinski definition) is 0. The molecule has 0 fully saturated rings. The minimum atomic E-state index is 0.246. The topological polar surface area (TPSA) is 31.0 Å².